The number of hydrogen-bond donors (Lipinski definition) is 1. The van der Waals surface area contributed by atoms with Gasteiger partial charge in [-0.1, -0.05) is 24.3 Å². The minimum atomic E-state index is -4.57. The second kappa shape index (κ2) is 8.37. The van der Waals surface area contributed by atoms with E-state index in [1.54, 1.807) is 20.8 Å². The SMILES string of the molecule is CC(C)(C)S(=O)NC(c1ccc(Oc2ccc(C34CC5CC(C3)C(C5)C4)cc2)cc1)C(F)(F)F. The van der Waals surface area contributed by atoms with Crippen LogP contribution in [0.25, 0.3) is 0 Å². The summed E-state index contributed by atoms with van der Waals surface area (Å²) in [4.78, 5) is 0. The van der Waals surface area contributed by atoms with Crippen LogP contribution in [0.2, 0.25) is 0 Å². The van der Waals surface area contributed by atoms with Gasteiger partial charge in [0, 0.05) is 0 Å². The molecule has 4 atom stereocenters. The summed E-state index contributed by atoms with van der Waals surface area (Å²) >= 11 is 0. The molecule has 0 spiro atoms. The average Bonchev–Trinajstić information content (AvgIpc) is 3.18. The second-order valence-electron chi connectivity index (χ2n) is 11.4. The fourth-order valence-corrected chi connectivity index (χ4v) is 7.35. The standard InChI is InChI=1S/C27H32F3NO2S/c1-25(2,3)34(32)31-24(27(28,29)30)18-4-8-22(9-5-18)33-23-10-6-21(7-11-23)26-14-17-12-19(15-26)20(13-17)16-26/h4-11,17,19-20,24,31H,12-16H2,1-3H3. The molecule has 2 aromatic rings. The zero-order valence-corrected chi connectivity index (χ0v) is 20.6. The van der Waals surface area contributed by atoms with E-state index in [4.69, 9.17) is 4.74 Å². The summed E-state index contributed by atoms with van der Waals surface area (Å²) in [7, 11) is -1.86. The van der Waals surface area contributed by atoms with Gasteiger partial charge in [-0.3, -0.25) is 0 Å². The maximum atomic E-state index is 13.7. The molecule has 0 amide bonds. The predicted molar refractivity (Wildman–Crippen MR) is 128 cm³/mol. The smallest absolute Gasteiger partial charge is 0.408 e. The van der Waals surface area contributed by atoms with E-state index >= 15 is 0 Å². The topological polar surface area (TPSA) is 38.3 Å². The summed E-state index contributed by atoms with van der Waals surface area (Å²) in [5, 5.41) is 0. The van der Waals surface area contributed by atoms with Crippen molar-refractivity contribution in [1.82, 2.24) is 4.72 Å². The van der Waals surface area contributed by atoms with Crippen molar-refractivity contribution < 1.29 is 22.1 Å². The first-order valence-corrected chi connectivity index (χ1v) is 13.2. The Labute approximate surface area is 202 Å². The molecule has 34 heavy (non-hydrogen) atoms. The molecule has 4 fully saturated rings. The summed E-state index contributed by atoms with van der Waals surface area (Å²) < 4.78 is 60.6. The first-order valence-electron chi connectivity index (χ1n) is 12.1. The Hall–Kier alpha value is -1.86. The first-order chi connectivity index (χ1) is 15.9. The normalized spacial score (nSPS) is 29.9. The maximum absolute atomic E-state index is 13.7. The summed E-state index contributed by atoms with van der Waals surface area (Å²) in [6, 6.07) is 12.1. The van der Waals surface area contributed by atoms with Crippen molar-refractivity contribution in [2.24, 2.45) is 17.8 Å². The summed E-state index contributed by atoms with van der Waals surface area (Å²) in [5.74, 6) is 3.84. The maximum Gasteiger partial charge on any atom is 0.408 e. The summed E-state index contributed by atoms with van der Waals surface area (Å²) in [5.41, 5.74) is 1.74. The number of nitrogens with one attached hydrogen (secondary N) is 1. The van der Waals surface area contributed by atoms with E-state index in [2.05, 4.69) is 16.9 Å². The molecule has 4 unspecified atom stereocenters. The molecular formula is C27H32F3NO2S. The Morgan fingerprint density at radius 3 is 1.91 bits per heavy atom. The molecule has 4 aliphatic carbocycles. The lowest BCUT2D eigenvalue weighted by molar-refractivity contribution is -0.152. The second-order valence-corrected chi connectivity index (χ2v) is 13.4. The third-order valence-corrected chi connectivity index (χ3v) is 9.51. The Balaban J connectivity index is 1.27. The molecule has 3 nitrogen and oxygen atoms in total. The number of hydrogen-bond acceptors (Lipinski definition) is 2. The van der Waals surface area contributed by atoms with Crippen LogP contribution in [0.5, 0.6) is 11.5 Å². The van der Waals surface area contributed by atoms with E-state index in [1.807, 2.05) is 12.1 Å². The number of alkyl halides is 3. The Bertz CT molecular complexity index is 1040. The van der Waals surface area contributed by atoms with Gasteiger partial charge in [-0.2, -0.15) is 13.2 Å². The highest BCUT2D eigenvalue weighted by molar-refractivity contribution is 7.84. The van der Waals surface area contributed by atoms with Gasteiger partial charge in [0.2, 0.25) is 0 Å². The van der Waals surface area contributed by atoms with Gasteiger partial charge in [-0.15, -0.1) is 0 Å². The van der Waals surface area contributed by atoms with Crippen LogP contribution in [0.4, 0.5) is 13.2 Å². The van der Waals surface area contributed by atoms with Crippen LogP contribution in [0.3, 0.4) is 0 Å². The third kappa shape index (κ3) is 4.53. The molecule has 4 bridgehead atoms. The molecule has 4 saturated carbocycles. The van der Waals surface area contributed by atoms with E-state index in [1.165, 1.54) is 61.9 Å². The van der Waals surface area contributed by atoms with Crippen LogP contribution in [-0.2, 0) is 16.4 Å². The fraction of sp³-hybridized carbons (Fsp3) is 0.556. The molecule has 2 aromatic carbocycles. The van der Waals surface area contributed by atoms with Crippen molar-refractivity contribution in [2.45, 2.75) is 75.3 Å². The fourth-order valence-electron chi connectivity index (χ4n) is 6.51. The van der Waals surface area contributed by atoms with Crippen molar-refractivity contribution in [3.8, 4) is 11.5 Å². The van der Waals surface area contributed by atoms with Crippen molar-refractivity contribution in [1.29, 1.82) is 0 Å². The molecule has 184 valence electrons. The van der Waals surface area contributed by atoms with E-state index in [0.717, 1.165) is 17.8 Å². The van der Waals surface area contributed by atoms with Gasteiger partial charge in [0.25, 0.3) is 0 Å². The highest BCUT2D eigenvalue weighted by atomic mass is 32.2. The van der Waals surface area contributed by atoms with Gasteiger partial charge in [0.1, 0.15) is 17.5 Å². The molecule has 0 aromatic heterocycles. The van der Waals surface area contributed by atoms with Gasteiger partial charge in [-0.05, 0) is 111 Å². The molecule has 6 rings (SSSR count). The predicted octanol–water partition coefficient (Wildman–Crippen LogP) is 7.21. The number of halogens is 3. The van der Waals surface area contributed by atoms with Crippen molar-refractivity contribution >= 4 is 11.0 Å². The van der Waals surface area contributed by atoms with Crippen LogP contribution in [0.15, 0.2) is 48.5 Å². The largest absolute Gasteiger partial charge is 0.457 e. The average molecular weight is 492 g/mol. The Morgan fingerprint density at radius 1 is 0.912 bits per heavy atom. The van der Waals surface area contributed by atoms with Crippen molar-refractivity contribution in [2.75, 3.05) is 0 Å². The van der Waals surface area contributed by atoms with Gasteiger partial charge in [-0.25, -0.2) is 8.93 Å². The minimum absolute atomic E-state index is 0.00134. The molecule has 0 heterocycles. The van der Waals surface area contributed by atoms with E-state index in [9.17, 15) is 17.4 Å². The van der Waals surface area contributed by atoms with Crippen LogP contribution in [0, 0.1) is 17.8 Å². The molecule has 7 heteroatoms. The highest BCUT2D eigenvalue weighted by Gasteiger charge is 2.56. The summed E-state index contributed by atoms with van der Waals surface area (Å²) in [6.07, 6.45) is 2.18. The zero-order valence-electron chi connectivity index (χ0n) is 19.8. The monoisotopic (exact) mass is 491 g/mol. The van der Waals surface area contributed by atoms with Crippen LogP contribution in [0.1, 0.15) is 70.0 Å². The lowest BCUT2D eigenvalue weighted by Crippen LogP contribution is -2.41. The minimum Gasteiger partial charge on any atom is -0.457 e. The molecule has 0 radical (unpaired) electrons. The molecule has 1 N–H and O–H groups in total. The zero-order chi connectivity index (χ0) is 24.3. The van der Waals surface area contributed by atoms with Gasteiger partial charge >= 0.3 is 6.18 Å². The number of ether oxygens (including phenoxy) is 1. The summed E-state index contributed by atoms with van der Waals surface area (Å²) in [6.45, 7) is 4.90. The van der Waals surface area contributed by atoms with Crippen LogP contribution in [-0.4, -0.2) is 15.1 Å². The van der Waals surface area contributed by atoms with Crippen LogP contribution >= 0.6 is 0 Å². The molecule has 0 aliphatic heterocycles. The third-order valence-electron chi connectivity index (χ3n) is 7.95. The molecule has 4 aliphatic rings. The van der Waals surface area contributed by atoms with Gasteiger partial charge < -0.3 is 4.74 Å². The number of benzene rings is 2. The Kier molecular flexibility index (Phi) is 5.87. The lowest BCUT2D eigenvalue weighted by atomic mass is 9.66. The number of rotatable bonds is 6. The lowest BCUT2D eigenvalue weighted by Gasteiger charge is -2.39. The van der Waals surface area contributed by atoms with Crippen molar-refractivity contribution in [3.63, 3.8) is 0 Å². The molecule has 0 saturated heterocycles. The van der Waals surface area contributed by atoms with E-state index < -0.39 is 28.0 Å². The van der Waals surface area contributed by atoms with Gasteiger partial charge in [0.05, 0.1) is 15.7 Å². The van der Waals surface area contributed by atoms with E-state index in [-0.39, 0.29) is 5.56 Å². The van der Waals surface area contributed by atoms with Crippen molar-refractivity contribution in [3.05, 3.63) is 59.7 Å². The first kappa shape index (κ1) is 23.9. The molecular weight excluding hydrogens is 459 g/mol. The Morgan fingerprint density at radius 2 is 1.44 bits per heavy atom. The van der Waals surface area contributed by atoms with Crippen LogP contribution < -0.4 is 9.46 Å². The quantitative estimate of drug-likeness (QED) is 0.464. The highest BCUT2D eigenvalue weighted by Crippen LogP contribution is 2.64. The van der Waals surface area contributed by atoms with Gasteiger partial charge in [0.15, 0.2) is 0 Å². The van der Waals surface area contributed by atoms with E-state index in [0.29, 0.717) is 16.9 Å².